The first-order valence-corrected chi connectivity index (χ1v) is 9.46. The molecule has 0 bridgehead atoms. The topological polar surface area (TPSA) is 61.4 Å². The van der Waals surface area contributed by atoms with Crippen LogP contribution in [0.4, 0.5) is 5.69 Å². The van der Waals surface area contributed by atoms with E-state index in [0.29, 0.717) is 12.1 Å². The zero-order valence-electron chi connectivity index (χ0n) is 16.0. The van der Waals surface area contributed by atoms with E-state index in [1.807, 2.05) is 62.4 Å². The van der Waals surface area contributed by atoms with Crippen LogP contribution >= 0.6 is 0 Å². The van der Waals surface area contributed by atoms with Gasteiger partial charge in [-0.3, -0.25) is 14.5 Å². The highest BCUT2D eigenvalue weighted by molar-refractivity contribution is 5.94. The Labute approximate surface area is 160 Å². The lowest BCUT2D eigenvalue weighted by atomic mass is 10.0. The molecule has 0 aliphatic carbocycles. The number of rotatable bonds is 5. The fourth-order valence-electron chi connectivity index (χ4n) is 3.31. The zero-order valence-corrected chi connectivity index (χ0v) is 16.0. The number of amides is 2. The molecule has 2 aromatic rings. The zero-order chi connectivity index (χ0) is 19.2. The highest BCUT2D eigenvalue weighted by Gasteiger charge is 2.22. The summed E-state index contributed by atoms with van der Waals surface area (Å²) in [6.45, 7) is 6.05. The van der Waals surface area contributed by atoms with Crippen LogP contribution in [0.3, 0.4) is 0 Å². The van der Waals surface area contributed by atoms with Crippen molar-refractivity contribution < 1.29 is 9.59 Å². The Balaban J connectivity index is 1.44. The predicted octanol–water partition coefficient (Wildman–Crippen LogP) is 3.14. The van der Waals surface area contributed by atoms with E-state index in [4.69, 9.17) is 0 Å². The summed E-state index contributed by atoms with van der Waals surface area (Å²) in [5.74, 6) is -0.0165. The Bertz CT molecular complexity index is 796. The Morgan fingerprint density at radius 2 is 1.70 bits per heavy atom. The number of piperidine rings is 1. The smallest absolute Gasteiger partial charge is 0.251 e. The van der Waals surface area contributed by atoms with Gasteiger partial charge in [-0.15, -0.1) is 0 Å². The Morgan fingerprint density at radius 1 is 1.00 bits per heavy atom. The highest BCUT2D eigenvalue weighted by Crippen LogP contribution is 2.14. The first kappa shape index (κ1) is 19.1. The summed E-state index contributed by atoms with van der Waals surface area (Å²) < 4.78 is 0. The molecule has 5 nitrogen and oxygen atoms in total. The minimum Gasteiger partial charge on any atom is -0.349 e. The molecule has 0 unspecified atom stereocenters. The maximum atomic E-state index is 12.5. The number of aryl methyl sites for hydroxylation is 2. The molecule has 1 fully saturated rings. The first-order chi connectivity index (χ1) is 13.0. The lowest BCUT2D eigenvalue weighted by Gasteiger charge is -2.31. The summed E-state index contributed by atoms with van der Waals surface area (Å²) in [6, 6.07) is 15.4. The number of carbonyl (C=O) groups excluding carboxylic acids is 2. The summed E-state index contributed by atoms with van der Waals surface area (Å²) in [6.07, 6.45) is 1.71. The van der Waals surface area contributed by atoms with E-state index in [1.165, 1.54) is 5.56 Å². The largest absolute Gasteiger partial charge is 0.349 e. The van der Waals surface area contributed by atoms with Gasteiger partial charge in [-0.2, -0.15) is 0 Å². The third kappa shape index (κ3) is 5.41. The van der Waals surface area contributed by atoms with Crippen molar-refractivity contribution in [3.05, 3.63) is 65.2 Å². The van der Waals surface area contributed by atoms with Gasteiger partial charge < -0.3 is 10.6 Å². The molecule has 2 N–H and O–H groups in total. The van der Waals surface area contributed by atoms with Crippen LogP contribution in [0.1, 0.15) is 34.3 Å². The van der Waals surface area contributed by atoms with Crippen molar-refractivity contribution >= 4 is 17.5 Å². The van der Waals surface area contributed by atoms with Crippen molar-refractivity contribution in [1.29, 1.82) is 0 Å². The van der Waals surface area contributed by atoms with Gasteiger partial charge in [-0.05, 0) is 62.1 Å². The molecule has 3 rings (SSSR count). The Morgan fingerprint density at radius 3 is 2.37 bits per heavy atom. The third-order valence-corrected chi connectivity index (χ3v) is 5.12. The summed E-state index contributed by atoms with van der Waals surface area (Å²) >= 11 is 0. The second kappa shape index (κ2) is 8.82. The van der Waals surface area contributed by atoms with E-state index in [1.54, 1.807) is 0 Å². The van der Waals surface area contributed by atoms with Crippen molar-refractivity contribution in [1.82, 2.24) is 10.2 Å². The number of nitrogens with zero attached hydrogens (tertiary/aromatic N) is 1. The second-order valence-electron chi connectivity index (χ2n) is 7.24. The standard InChI is InChI=1S/C22H27N3O2/c1-16-8-9-18(14-17(16)2)22(27)24-20-10-12-25(13-11-20)15-21(26)23-19-6-4-3-5-7-19/h3-9,14,20H,10-13,15H2,1-2H3,(H,23,26)(H,24,27). The van der Waals surface area contributed by atoms with Crippen LogP contribution in [0.2, 0.25) is 0 Å². The van der Waals surface area contributed by atoms with Gasteiger partial charge in [0.2, 0.25) is 5.91 Å². The molecule has 0 saturated carbocycles. The minimum absolute atomic E-state index is 0.00110. The van der Waals surface area contributed by atoms with Crippen molar-refractivity contribution in [2.24, 2.45) is 0 Å². The highest BCUT2D eigenvalue weighted by atomic mass is 16.2. The molecule has 2 amide bonds. The number of anilines is 1. The monoisotopic (exact) mass is 365 g/mol. The van der Waals surface area contributed by atoms with Crippen molar-refractivity contribution in [2.45, 2.75) is 32.7 Å². The van der Waals surface area contributed by atoms with Gasteiger partial charge in [0.1, 0.15) is 0 Å². The predicted molar refractivity (Wildman–Crippen MR) is 108 cm³/mol. The average Bonchev–Trinajstić information content (AvgIpc) is 2.66. The molecule has 0 spiro atoms. The number of carbonyl (C=O) groups is 2. The van der Waals surface area contributed by atoms with Crippen LogP contribution in [0.15, 0.2) is 48.5 Å². The molecule has 2 aromatic carbocycles. The van der Waals surface area contributed by atoms with Crippen LogP contribution in [-0.2, 0) is 4.79 Å². The molecule has 1 heterocycles. The molecule has 0 radical (unpaired) electrons. The van der Waals surface area contributed by atoms with Gasteiger partial charge in [-0.25, -0.2) is 0 Å². The number of nitrogens with one attached hydrogen (secondary N) is 2. The molecule has 27 heavy (non-hydrogen) atoms. The van der Waals surface area contributed by atoms with Crippen LogP contribution < -0.4 is 10.6 Å². The number of hydrogen-bond donors (Lipinski definition) is 2. The van der Waals surface area contributed by atoms with E-state index in [2.05, 4.69) is 15.5 Å². The van der Waals surface area contributed by atoms with E-state index >= 15 is 0 Å². The summed E-state index contributed by atoms with van der Waals surface area (Å²) in [5, 5.41) is 6.04. The van der Waals surface area contributed by atoms with Gasteiger partial charge in [0, 0.05) is 30.4 Å². The van der Waals surface area contributed by atoms with Gasteiger partial charge in [0.25, 0.3) is 5.91 Å². The Kier molecular flexibility index (Phi) is 6.24. The van der Waals surface area contributed by atoms with Crippen molar-refractivity contribution in [2.75, 3.05) is 25.0 Å². The second-order valence-corrected chi connectivity index (χ2v) is 7.24. The van der Waals surface area contributed by atoms with Gasteiger partial charge in [0.15, 0.2) is 0 Å². The minimum atomic E-state index is -0.0154. The van der Waals surface area contributed by atoms with Crippen LogP contribution in [0.5, 0.6) is 0 Å². The van der Waals surface area contributed by atoms with Crippen LogP contribution in [0.25, 0.3) is 0 Å². The van der Waals surface area contributed by atoms with Gasteiger partial charge in [-0.1, -0.05) is 24.3 Å². The molecule has 1 saturated heterocycles. The fourth-order valence-corrected chi connectivity index (χ4v) is 3.31. The summed E-state index contributed by atoms with van der Waals surface area (Å²) in [4.78, 5) is 26.7. The first-order valence-electron chi connectivity index (χ1n) is 9.46. The number of hydrogen-bond acceptors (Lipinski definition) is 3. The Hall–Kier alpha value is -2.66. The average molecular weight is 365 g/mol. The lowest BCUT2D eigenvalue weighted by molar-refractivity contribution is -0.117. The molecule has 0 atom stereocenters. The number of likely N-dealkylation sites (tertiary alicyclic amines) is 1. The maximum Gasteiger partial charge on any atom is 0.251 e. The van der Waals surface area contributed by atoms with Crippen molar-refractivity contribution in [3.63, 3.8) is 0 Å². The van der Waals surface area contributed by atoms with E-state index < -0.39 is 0 Å². The molecule has 142 valence electrons. The SMILES string of the molecule is Cc1ccc(C(=O)NC2CCN(CC(=O)Nc3ccccc3)CC2)cc1C. The molecule has 5 heteroatoms. The normalized spacial score (nSPS) is 15.3. The fraction of sp³-hybridized carbons (Fsp3) is 0.364. The lowest BCUT2D eigenvalue weighted by Crippen LogP contribution is -2.46. The molecular formula is C22H27N3O2. The molecule has 1 aliphatic heterocycles. The quantitative estimate of drug-likeness (QED) is 0.856. The van der Waals surface area contributed by atoms with Gasteiger partial charge >= 0.3 is 0 Å². The number of benzene rings is 2. The molecule has 0 aromatic heterocycles. The maximum absolute atomic E-state index is 12.5. The molecule has 1 aliphatic rings. The van der Waals surface area contributed by atoms with Crippen molar-refractivity contribution in [3.8, 4) is 0 Å². The molecular weight excluding hydrogens is 338 g/mol. The van der Waals surface area contributed by atoms with E-state index in [0.717, 1.165) is 37.2 Å². The number of para-hydroxylation sites is 1. The summed E-state index contributed by atoms with van der Waals surface area (Å²) in [7, 11) is 0. The van der Waals surface area contributed by atoms with E-state index in [-0.39, 0.29) is 17.9 Å². The third-order valence-electron chi connectivity index (χ3n) is 5.12. The van der Waals surface area contributed by atoms with Crippen LogP contribution in [0, 0.1) is 13.8 Å². The van der Waals surface area contributed by atoms with E-state index in [9.17, 15) is 9.59 Å². The van der Waals surface area contributed by atoms with Gasteiger partial charge in [0.05, 0.1) is 6.54 Å². The summed E-state index contributed by atoms with van der Waals surface area (Å²) in [5.41, 5.74) is 3.84. The van der Waals surface area contributed by atoms with Crippen LogP contribution in [-0.4, -0.2) is 42.4 Å².